The van der Waals surface area contributed by atoms with E-state index in [9.17, 15) is 4.79 Å². The Balaban J connectivity index is 1.36. The van der Waals surface area contributed by atoms with E-state index in [0.29, 0.717) is 48.0 Å². The smallest absolute Gasteiger partial charge is 0.224 e. The van der Waals surface area contributed by atoms with E-state index in [1.807, 2.05) is 33.7 Å². The minimum absolute atomic E-state index is 0.0504. The monoisotopic (exact) mass is 396 g/mol. The van der Waals surface area contributed by atoms with Crippen molar-refractivity contribution in [1.29, 1.82) is 0 Å². The van der Waals surface area contributed by atoms with Gasteiger partial charge in [0.05, 0.1) is 20.0 Å². The third kappa shape index (κ3) is 4.08. The lowest BCUT2D eigenvalue weighted by atomic mass is 10.1. The van der Waals surface area contributed by atoms with E-state index in [0.717, 1.165) is 19.4 Å². The van der Waals surface area contributed by atoms with Crippen molar-refractivity contribution in [2.45, 2.75) is 31.9 Å². The molecule has 1 amide bonds. The van der Waals surface area contributed by atoms with Crippen molar-refractivity contribution >= 4 is 22.9 Å². The maximum Gasteiger partial charge on any atom is 0.224 e. The van der Waals surface area contributed by atoms with Crippen LogP contribution in [0, 0.1) is 0 Å². The molecule has 29 heavy (non-hydrogen) atoms. The molecule has 0 bridgehead atoms. The summed E-state index contributed by atoms with van der Waals surface area (Å²) in [5, 5.41) is 0. The Morgan fingerprint density at radius 3 is 2.90 bits per heavy atom. The summed E-state index contributed by atoms with van der Waals surface area (Å²) in [6, 6.07) is 7.57. The van der Waals surface area contributed by atoms with Crippen LogP contribution in [0.4, 0.5) is 5.82 Å². The summed E-state index contributed by atoms with van der Waals surface area (Å²) < 4.78 is 13.3. The number of carbonyl (C=O) groups is 1. The number of hydrogen-bond donors (Lipinski definition) is 1. The van der Waals surface area contributed by atoms with Crippen LogP contribution in [0.5, 0.6) is 11.5 Å². The van der Waals surface area contributed by atoms with Crippen molar-refractivity contribution < 1.29 is 14.3 Å². The molecule has 0 saturated carbocycles. The molecule has 9 nitrogen and oxygen atoms in total. The number of piperidine rings is 1. The molecule has 152 valence electrons. The highest BCUT2D eigenvalue weighted by Gasteiger charge is 2.25. The molecule has 2 N–H and O–H groups in total. The van der Waals surface area contributed by atoms with Gasteiger partial charge in [0.25, 0.3) is 0 Å². The molecule has 1 aromatic carbocycles. The fourth-order valence-electron chi connectivity index (χ4n) is 3.59. The zero-order valence-electron chi connectivity index (χ0n) is 16.3. The molecule has 1 aliphatic heterocycles. The van der Waals surface area contributed by atoms with Crippen molar-refractivity contribution in [3.8, 4) is 11.5 Å². The number of methoxy groups -OCH3 is 1. The fraction of sp³-hybridized carbons (Fsp3) is 0.400. The predicted molar refractivity (Wildman–Crippen MR) is 108 cm³/mol. The highest BCUT2D eigenvalue weighted by atomic mass is 16.5. The topological polar surface area (TPSA) is 108 Å². The van der Waals surface area contributed by atoms with Gasteiger partial charge >= 0.3 is 0 Å². The minimum atomic E-state index is -0.0504. The molecule has 1 saturated heterocycles. The van der Waals surface area contributed by atoms with E-state index >= 15 is 0 Å². The van der Waals surface area contributed by atoms with Gasteiger partial charge in [0.15, 0.2) is 23.0 Å². The Morgan fingerprint density at radius 2 is 2.07 bits per heavy atom. The first-order chi connectivity index (χ1) is 14.2. The average molecular weight is 396 g/mol. The first-order valence-corrected chi connectivity index (χ1v) is 9.64. The molecule has 0 radical (unpaired) electrons. The Hall–Kier alpha value is -3.36. The molecule has 0 aliphatic carbocycles. The van der Waals surface area contributed by atoms with Gasteiger partial charge in [0, 0.05) is 19.5 Å². The van der Waals surface area contributed by atoms with E-state index in [2.05, 4.69) is 15.0 Å². The van der Waals surface area contributed by atoms with E-state index in [-0.39, 0.29) is 12.0 Å². The number of nitrogens with two attached hydrogens (primary N) is 1. The molecular weight excluding hydrogens is 372 g/mol. The molecule has 1 atom stereocenters. The van der Waals surface area contributed by atoms with E-state index in [4.69, 9.17) is 15.2 Å². The standard InChI is InChI=1S/C20H24N6O3/c1-28-15-6-2-3-7-16(15)29-14-5-4-9-25(11-14)17(27)8-10-26-13-24-18-19(21)22-12-23-20(18)26/h2-3,6-7,12-14H,4-5,8-11H2,1H3,(H2,21,22,23). The second-order valence-corrected chi connectivity index (χ2v) is 6.99. The number of aromatic nitrogens is 4. The molecule has 1 aliphatic rings. The second kappa shape index (κ2) is 8.34. The lowest BCUT2D eigenvalue weighted by molar-refractivity contribution is -0.134. The van der Waals surface area contributed by atoms with Gasteiger partial charge in [-0.3, -0.25) is 4.79 Å². The Bertz CT molecular complexity index is 1000. The summed E-state index contributed by atoms with van der Waals surface area (Å²) in [5.74, 6) is 1.83. The van der Waals surface area contributed by atoms with Gasteiger partial charge in [-0.2, -0.15) is 0 Å². The molecule has 0 spiro atoms. The van der Waals surface area contributed by atoms with Gasteiger partial charge in [0.2, 0.25) is 5.91 Å². The van der Waals surface area contributed by atoms with Crippen LogP contribution in [0.15, 0.2) is 36.9 Å². The van der Waals surface area contributed by atoms with Crippen molar-refractivity contribution in [2.24, 2.45) is 0 Å². The van der Waals surface area contributed by atoms with Gasteiger partial charge in [-0.15, -0.1) is 0 Å². The number of ether oxygens (including phenoxy) is 2. The van der Waals surface area contributed by atoms with Crippen molar-refractivity contribution in [1.82, 2.24) is 24.4 Å². The third-order valence-corrected chi connectivity index (χ3v) is 5.09. The number of anilines is 1. The lowest BCUT2D eigenvalue weighted by Gasteiger charge is -2.33. The van der Waals surface area contributed by atoms with Gasteiger partial charge in [-0.1, -0.05) is 12.1 Å². The molecule has 3 aromatic rings. The van der Waals surface area contributed by atoms with Crippen molar-refractivity contribution in [2.75, 3.05) is 25.9 Å². The summed E-state index contributed by atoms with van der Waals surface area (Å²) in [5.41, 5.74) is 7.02. The van der Waals surface area contributed by atoms with Crippen LogP contribution in [0.2, 0.25) is 0 Å². The predicted octanol–water partition coefficient (Wildman–Crippen LogP) is 1.88. The first-order valence-electron chi connectivity index (χ1n) is 9.64. The highest BCUT2D eigenvalue weighted by molar-refractivity contribution is 5.81. The van der Waals surface area contributed by atoms with E-state index < -0.39 is 0 Å². The zero-order valence-corrected chi connectivity index (χ0v) is 16.3. The van der Waals surface area contributed by atoms with Crippen LogP contribution in [0.1, 0.15) is 19.3 Å². The van der Waals surface area contributed by atoms with Crippen LogP contribution in [0.25, 0.3) is 11.2 Å². The number of aryl methyl sites for hydroxylation is 1. The fourth-order valence-corrected chi connectivity index (χ4v) is 3.59. The number of nitrogen functional groups attached to an aromatic ring is 1. The first kappa shape index (κ1) is 19.0. The SMILES string of the molecule is COc1ccccc1OC1CCCN(C(=O)CCn2cnc3c(N)ncnc32)C1. The largest absolute Gasteiger partial charge is 0.493 e. The number of carbonyl (C=O) groups excluding carboxylic acids is 1. The number of benzene rings is 1. The van der Waals surface area contributed by atoms with Crippen LogP contribution >= 0.6 is 0 Å². The Morgan fingerprint density at radius 1 is 1.24 bits per heavy atom. The van der Waals surface area contributed by atoms with Gasteiger partial charge in [-0.25, -0.2) is 15.0 Å². The molecular formula is C20H24N6O3. The van der Waals surface area contributed by atoms with Crippen LogP contribution in [-0.2, 0) is 11.3 Å². The Kier molecular flexibility index (Phi) is 5.46. The molecule has 9 heteroatoms. The second-order valence-electron chi connectivity index (χ2n) is 6.99. The number of likely N-dealkylation sites (tertiary alicyclic amines) is 1. The maximum absolute atomic E-state index is 12.8. The van der Waals surface area contributed by atoms with Crippen molar-refractivity contribution in [3.05, 3.63) is 36.9 Å². The summed E-state index contributed by atoms with van der Waals surface area (Å²) in [7, 11) is 1.62. The summed E-state index contributed by atoms with van der Waals surface area (Å²) in [6.07, 6.45) is 5.17. The quantitative estimate of drug-likeness (QED) is 0.677. The van der Waals surface area contributed by atoms with Crippen LogP contribution in [0.3, 0.4) is 0 Å². The number of nitrogens with zero attached hydrogens (tertiary/aromatic N) is 5. The summed E-state index contributed by atoms with van der Waals surface area (Å²) in [6.45, 7) is 1.79. The number of fused-ring (bicyclic) bond motifs is 1. The highest BCUT2D eigenvalue weighted by Crippen LogP contribution is 2.28. The van der Waals surface area contributed by atoms with Gasteiger partial charge < -0.3 is 24.7 Å². The molecule has 1 fully saturated rings. The van der Waals surface area contributed by atoms with E-state index in [1.165, 1.54) is 6.33 Å². The number of rotatable bonds is 6. The molecule has 1 unspecified atom stereocenters. The van der Waals surface area contributed by atoms with Gasteiger partial charge in [0.1, 0.15) is 17.9 Å². The van der Waals surface area contributed by atoms with E-state index in [1.54, 1.807) is 13.4 Å². The normalized spacial score (nSPS) is 16.7. The Labute approximate surface area is 168 Å². The van der Waals surface area contributed by atoms with Gasteiger partial charge in [-0.05, 0) is 25.0 Å². The average Bonchev–Trinajstić information content (AvgIpc) is 3.17. The molecule has 2 aromatic heterocycles. The number of hydrogen-bond acceptors (Lipinski definition) is 7. The molecule has 4 rings (SSSR count). The zero-order chi connectivity index (χ0) is 20.2. The number of imidazole rings is 1. The maximum atomic E-state index is 12.8. The van der Waals surface area contributed by atoms with Crippen LogP contribution < -0.4 is 15.2 Å². The molecule has 3 heterocycles. The summed E-state index contributed by atoms with van der Waals surface area (Å²) in [4.78, 5) is 27.0. The minimum Gasteiger partial charge on any atom is -0.493 e. The lowest BCUT2D eigenvalue weighted by Crippen LogP contribution is -2.44. The number of amides is 1. The summed E-state index contributed by atoms with van der Waals surface area (Å²) >= 11 is 0. The number of para-hydroxylation sites is 2. The van der Waals surface area contributed by atoms with Crippen molar-refractivity contribution in [3.63, 3.8) is 0 Å². The van der Waals surface area contributed by atoms with Crippen LogP contribution in [-0.4, -0.2) is 56.6 Å². The third-order valence-electron chi connectivity index (χ3n) is 5.09.